The van der Waals surface area contributed by atoms with Crippen molar-refractivity contribution in [2.75, 3.05) is 0 Å². The van der Waals surface area contributed by atoms with Gasteiger partial charge in [0.25, 0.3) is 0 Å². The van der Waals surface area contributed by atoms with Crippen molar-refractivity contribution in [1.82, 2.24) is 0 Å². The van der Waals surface area contributed by atoms with Gasteiger partial charge in [0.15, 0.2) is 6.29 Å². The van der Waals surface area contributed by atoms with Crippen molar-refractivity contribution in [3.63, 3.8) is 0 Å². The smallest absolute Gasteiger partial charge is 0.322 e. The first kappa shape index (κ1) is 20.8. The molecule has 8 unspecified atom stereocenters. The number of alkyl halides is 1. The van der Waals surface area contributed by atoms with E-state index in [0.29, 0.717) is 6.42 Å². The van der Waals surface area contributed by atoms with Crippen LogP contribution in [-0.2, 0) is 23.8 Å². The number of carbonyl (C=O) groups is 2. The van der Waals surface area contributed by atoms with Gasteiger partial charge in [-0.1, -0.05) is 48.8 Å². The third-order valence-corrected chi connectivity index (χ3v) is 8.79. The van der Waals surface area contributed by atoms with Crippen molar-refractivity contribution in [2.24, 2.45) is 23.7 Å². The number of esters is 2. The minimum atomic E-state index is -1.03. The van der Waals surface area contributed by atoms with Crippen LogP contribution in [0.4, 0.5) is 0 Å². The molecule has 2 bridgehead atoms. The van der Waals surface area contributed by atoms with Gasteiger partial charge in [-0.25, -0.2) is 0 Å². The number of fused-ring (bicyclic) bond motifs is 1. The highest BCUT2D eigenvalue weighted by Gasteiger charge is 2.70. The number of hydrogen-bond donors (Lipinski definition) is 1. The van der Waals surface area contributed by atoms with Crippen LogP contribution in [0.5, 0.6) is 0 Å². The summed E-state index contributed by atoms with van der Waals surface area (Å²) >= 11 is 2.12. The molecule has 0 amide bonds. The van der Waals surface area contributed by atoms with Gasteiger partial charge in [-0.05, 0) is 39.5 Å². The van der Waals surface area contributed by atoms with Gasteiger partial charge in [-0.2, -0.15) is 0 Å². The Hall–Kier alpha value is -0.410. The Bertz CT molecular complexity index is 643. The highest BCUT2D eigenvalue weighted by Crippen LogP contribution is 2.60. The van der Waals surface area contributed by atoms with Crippen LogP contribution in [0.1, 0.15) is 65.7 Å². The lowest BCUT2D eigenvalue weighted by atomic mass is 9.77. The molecule has 0 aromatic heterocycles. The van der Waals surface area contributed by atoms with Gasteiger partial charge in [0.05, 0.1) is 11.5 Å². The Kier molecular flexibility index (Phi) is 5.49. The lowest BCUT2D eigenvalue weighted by Gasteiger charge is -2.40. The van der Waals surface area contributed by atoms with Crippen LogP contribution >= 0.6 is 22.6 Å². The molecule has 28 heavy (non-hydrogen) atoms. The molecule has 3 aliphatic carbocycles. The Morgan fingerprint density at radius 1 is 1.36 bits per heavy atom. The average Bonchev–Trinajstić information content (AvgIpc) is 3.25. The molecule has 4 fully saturated rings. The fraction of sp³-hybridized carbons (Fsp3) is 0.905. The molecule has 0 aromatic rings. The SMILES string of the molecule is CCC(C)(I)C(=O)OC1C2CC3C1OC(=O)C3C2C(O)OC1(C)CCCCC1. The summed E-state index contributed by atoms with van der Waals surface area (Å²) in [6.07, 6.45) is 4.75. The molecular weight excluding hydrogens is 475 g/mol. The van der Waals surface area contributed by atoms with Crippen LogP contribution < -0.4 is 0 Å². The van der Waals surface area contributed by atoms with E-state index in [2.05, 4.69) is 29.5 Å². The fourth-order valence-corrected chi connectivity index (χ4v) is 5.90. The summed E-state index contributed by atoms with van der Waals surface area (Å²) in [5.41, 5.74) is -0.351. The molecule has 7 heteroatoms. The van der Waals surface area contributed by atoms with Gasteiger partial charge in [0.2, 0.25) is 0 Å². The van der Waals surface area contributed by atoms with E-state index in [4.69, 9.17) is 14.2 Å². The third-order valence-electron chi connectivity index (χ3n) is 7.59. The Balaban J connectivity index is 1.52. The van der Waals surface area contributed by atoms with Crippen LogP contribution in [0.25, 0.3) is 0 Å². The molecule has 3 saturated carbocycles. The van der Waals surface area contributed by atoms with Crippen LogP contribution in [0.3, 0.4) is 0 Å². The Morgan fingerprint density at radius 3 is 2.68 bits per heavy atom. The lowest BCUT2D eigenvalue weighted by molar-refractivity contribution is -0.231. The van der Waals surface area contributed by atoms with Gasteiger partial charge in [-0.3, -0.25) is 9.59 Å². The molecule has 1 saturated heterocycles. The first-order chi connectivity index (χ1) is 13.2. The zero-order valence-corrected chi connectivity index (χ0v) is 19.0. The number of ether oxygens (including phenoxy) is 3. The zero-order chi connectivity index (χ0) is 20.3. The van der Waals surface area contributed by atoms with Gasteiger partial charge >= 0.3 is 11.9 Å². The molecule has 158 valence electrons. The molecule has 1 aliphatic heterocycles. The predicted octanol–water partition coefficient (Wildman–Crippen LogP) is 3.37. The van der Waals surface area contributed by atoms with Crippen molar-refractivity contribution in [1.29, 1.82) is 0 Å². The topological polar surface area (TPSA) is 82.1 Å². The van der Waals surface area contributed by atoms with Crippen LogP contribution in [-0.4, -0.2) is 44.6 Å². The maximum absolute atomic E-state index is 12.7. The monoisotopic (exact) mass is 506 g/mol. The Morgan fingerprint density at radius 2 is 2.04 bits per heavy atom. The lowest BCUT2D eigenvalue weighted by Crippen LogP contribution is -2.49. The molecule has 1 N–H and O–H groups in total. The summed E-state index contributed by atoms with van der Waals surface area (Å²) in [5, 5.41) is 11.0. The van der Waals surface area contributed by atoms with Crippen molar-refractivity contribution in [3.8, 4) is 0 Å². The van der Waals surface area contributed by atoms with Gasteiger partial charge < -0.3 is 19.3 Å². The number of carbonyl (C=O) groups excluding carboxylic acids is 2. The zero-order valence-electron chi connectivity index (χ0n) is 16.9. The molecule has 0 aromatic carbocycles. The van der Waals surface area contributed by atoms with E-state index < -0.39 is 15.8 Å². The van der Waals surface area contributed by atoms with E-state index in [0.717, 1.165) is 32.1 Å². The largest absolute Gasteiger partial charge is 0.458 e. The second kappa shape index (κ2) is 7.38. The Labute approximate surface area is 180 Å². The maximum atomic E-state index is 12.7. The van der Waals surface area contributed by atoms with E-state index in [9.17, 15) is 14.7 Å². The van der Waals surface area contributed by atoms with Gasteiger partial charge in [0.1, 0.15) is 15.6 Å². The van der Waals surface area contributed by atoms with E-state index in [1.807, 2.05) is 13.8 Å². The number of aliphatic hydroxyl groups excluding tert-OH is 1. The molecule has 1 heterocycles. The highest BCUT2D eigenvalue weighted by molar-refractivity contribution is 14.1. The predicted molar refractivity (Wildman–Crippen MR) is 110 cm³/mol. The normalized spacial score (nSPS) is 41.4. The first-order valence-electron chi connectivity index (χ1n) is 10.6. The molecule has 4 rings (SSSR count). The molecule has 4 aliphatic rings. The van der Waals surface area contributed by atoms with Crippen LogP contribution in [0, 0.1) is 23.7 Å². The fourth-order valence-electron chi connectivity index (χ4n) is 5.77. The summed E-state index contributed by atoms with van der Waals surface area (Å²) in [7, 11) is 0. The van der Waals surface area contributed by atoms with E-state index in [1.165, 1.54) is 6.42 Å². The maximum Gasteiger partial charge on any atom is 0.322 e. The molecule has 0 radical (unpaired) electrons. The summed E-state index contributed by atoms with van der Waals surface area (Å²) < 4.78 is 17.0. The standard InChI is InChI=1S/C21H31IO6/c1-4-21(3,22)19(25)27-16-12-10-11-13(17(23)26-15(11)16)14(12)18(24)28-20(2)8-6-5-7-9-20/h11-16,18,24H,4-10H2,1-3H3. The van der Waals surface area contributed by atoms with Crippen LogP contribution in [0.15, 0.2) is 0 Å². The van der Waals surface area contributed by atoms with Gasteiger partial charge in [-0.15, -0.1) is 0 Å². The molecule has 0 spiro atoms. The second-order valence-corrected chi connectivity index (χ2v) is 11.9. The minimum absolute atomic E-state index is 0.0137. The first-order valence-corrected chi connectivity index (χ1v) is 11.7. The number of hydrogen-bond acceptors (Lipinski definition) is 6. The van der Waals surface area contributed by atoms with Crippen LogP contribution in [0.2, 0.25) is 0 Å². The highest BCUT2D eigenvalue weighted by atomic mass is 127. The number of rotatable bonds is 6. The van der Waals surface area contributed by atoms with E-state index >= 15 is 0 Å². The molecule has 6 nitrogen and oxygen atoms in total. The quantitative estimate of drug-likeness (QED) is 0.258. The summed E-state index contributed by atoms with van der Waals surface area (Å²) in [6.45, 7) is 5.86. The van der Waals surface area contributed by atoms with Crippen molar-refractivity contribution >= 4 is 34.5 Å². The van der Waals surface area contributed by atoms with E-state index in [-0.39, 0.29) is 47.3 Å². The summed E-state index contributed by atoms with van der Waals surface area (Å²) in [4.78, 5) is 25.2. The van der Waals surface area contributed by atoms with Gasteiger partial charge in [0, 0.05) is 17.8 Å². The van der Waals surface area contributed by atoms with Crippen molar-refractivity contribution < 1.29 is 28.9 Å². The summed E-state index contributed by atoms with van der Waals surface area (Å²) in [5.74, 6) is -1.34. The number of aliphatic hydroxyl groups is 1. The average molecular weight is 506 g/mol. The van der Waals surface area contributed by atoms with Crippen molar-refractivity contribution in [2.45, 2.75) is 93.2 Å². The van der Waals surface area contributed by atoms with Crippen molar-refractivity contribution in [3.05, 3.63) is 0 Å². The summed E-state index contributed by atoms with van der Waals surface area (Å²) in [6, 6.07) is 0. The molecular formula is C21H31IO6. The minimum Gasteiger partial charge on any atom is -0.458 e. The third kappa shape index (κ3) is 3.39. The number of halogens is 1. The van der Waals surface area contributed by atoms with E-state index in [1.54, 1.807) is 0 Å². The molecule has 8 atom stereocenters. The second-order valence-electron chi connectivity index (χ2n) is 9.51.